The number of piperidine rings is 1. The normalized spacial score (nSPS) is 23.9. The Kier molecular flexibility index (Phi) is 3.50. The molecule has 0 aromatic carbocycles. The van der Waals surface area contributed by atoms with Crippen LogP contribution >= 0.6 is 11.3 Å². The summed E-state index contributed by atoms with van der Waals surface area (Å²) in [5.74, 6) is 0. The van der Waals surface area contributed by atoms with Gasteiger partial charge in [0.2, 0.25) is 0 Å². The van der Waals surface area contributed by atoms with Crippen LogP contribution in [0.5, 0.6) is 0 Å². The molecule has 2 N–H and O–H groups in total. The van der Waals surface area contributed by atoms with Crippen LogP contribution < -0.4 is 5.73 Å². The summed E-state index contributed by atoms with van der Waals surface area (Å²) in [5, 5.41) is 0. The van der Waals surface area contributed by atoms with E-state index < -0.39 is 0 Å². The van der Waals surface area contributed by atoms with Crippen molar-refractivity contribution in [3.05, 3.63) is 16.6 Å². The van der Waals surface area contributed by atoms with E-state index in [2.05, 4.69) is 9.88 Å². The number of nitrogens with two attached hydrogens (primary N) is 1. The Bertz CT molecular complexity index is 260. The molecule has 2 heterocycles. The molecule has 0 bridgehead atoms. The molecule has 1 fully saturated rings. The van der Waals surface area contributed by atoms with Crippen molar-refractivity contribution < 1.29 is 0 Å². The molecule has 2 rings (SSSR count). The zero-order valence-electron chi connectivity index (χ0n) is 8.35. The number of thiazole rings is 1. The molecule has 1 atom stereocenters. The van der Waals surface area contributed by atoms with Crippen molar-refractivity contribution in [2.45, 2.75) is 31.8 Å². The predicted molar refractivity (Wildman–Crippen MR) is 59.2 cm³/mol. The van der Waals surface area contributed by atoms with Crippen LogP contribution in [0, 0.1) is 0 Å². The molecule has 78 valence electrons. The second kappa shape index (κ2) is 4.87. The molecule has 4 heteroatoms. The number of nitrogens with zero attached hydrogens (tertiary/aromatic N) is 2. The second-order valence-corrected chi connectivity index (χ2v) is 4.79. The highest BCUT2D eigenvalue weighted by Crippen LogP contribution is 2.19. The highest BCUT2D eigenvalue weighted by molar-refractivity contribution is 7.09. The van der Waals surface area contributed by atoms with Crippen molar-refractivity contribution in [1.29, 1.82) is 0 Å². The van der Waals surface area contributed by atoms with Crippen LogP contribution in [0.2, 0.25) is 0 Å². The Morgan fingerprint density at radius 3 is 3.21 bits per heavy atom. The van der Waals surface area contributed by atoms with Gasteiger partial charge in [0.05, 0.1) is 5.51 Å². The maximum Gasteiger partial charge on any atom is 0.0794 e. The monoisotopic (exact) mass is 211 g/mol. The first-order valence-corrected chi connectivity index (χ1v) is 6.09. The molecule has 1 saturated heterocycles. The van der Waals surface area contributed by atoms with Crippen LogP contribution in [0.25, 0.3) is 0 Å². The minimum absolute atomic E-state index is 0.589. The van der Waals surface area contributed by atoms with Gasteiger partial charge in [-0.25, -0.2) is 0 Å². The second-order valence-electron chi connectivity index (χ2n) is 3.82. The minimum Gasteiger partial charge on any atom is -0.329 e. The fourth-order valence-electron chi connectivity index (χ4n) is 2.06. The lowest BCUT2D eigenvalue weighted by atomic mass is 10.0. The van der Waals surface area contributed by atoms with Gasteiger partial charge in [0, 0.05) is 30.2 Å². The van der Waals surface area contributed by atoms with Gasteiger partial charge in [-0.2, -0.15) is 0 Å². The third-order valence-electron chi connectivity index (χ3n) is 2.86. The molecule has 1 aliphatic rings. The van der Waals surface area contributed by atoms with Gasteiger partial charge >= 0.3 is 0 Å². The Labute approximate surface area is 88.9 Å². The van der Waals surface area contributed by atoms with Gasteiger partial charge in [-0.1, -0.05) is 6.42 Å². The molecule has 1 aromatic heterocycles. The fourth-order valence-corrected chi connectivity index (χ4v) is 2.67. The quantitative estimate of drug-likeness (QED) is 0.823. The SMILES string of the molecule is NCC1CCCCN1Cc1cncs1. The first-order valence-electron chi connectivity index (χ1n) is 5.21. The van der Waals surface area contributed by atoms with E-state index in [9.17, 15) is 0 Å². The summed E-state index contributed by atoms with van der Waals surface area (Å²) in [6.45, 7) is 3.02. The van der Waals surface area contributed by atoms with E-state index in [1.807, 2.05) is 11.7 Å². The molecule has 1 aliphatic heterocycles. The predicted octanol–water partition coefficient (Wildman–Crippen LogP) is 1.46. The number of hydrogen-bond donors (Lipinski definition) is 1. The summed E-state index contributed by atoms with van der Waals surface area (Å²) in [5.41, 5.74) is 7.67. The first kappa shape index (κ1) is 10.1. The van der Waals surface area contributed by atoms with E-state index in [0.717, 1.165) is 13.1 Å². The molecule has 3 nitrogen and oxygen atoms in total. The van der Waals surface area contributed by atoms with Gasteiger partial charge in [-0.05, 0) is 19.4 Å². The van der Waals surface area contributed by atoms with E-state index in [-0.39, 0.29) is 0 Å². The maximum atomic E-state index is 5.77. The van der Waals surface area contributed by atoms with Crippen LogP contribution in [0.3, 0.4) is 0 Å². The van der Waals surface area contributed by atoms with Crippen molar-refractivity contribution in [3.63, 3.8) is 0 Å². The number of aromatic nitrogens is 1. The van der Waals surface area contributed by atoms with Crippen molar-refractivity contribution in [2.75, 3.05) is 13.1 Å². The highest BCUT2D eigenvalue weighted by Gasteiger charge is 2.21. The summed E-state index contributed by atoms with van der Waals surface area (Å²) in [6, 6.07) is 0.589. The summed E-state index contributed by atoms with van der Waals surface area (Å²) in [7, 11) is 0. The van der Waals surface area contributed by atoms with Crippen molar-refractivity contribution >= 4 is 11.3 Å². The van der Waals surface area contributed by atoms with Gasteiger partial charge in [-0.15, -0.1) is 11.3 Å². The van der Waals surface area contributed by atoms with Gasteiger partial charge in [0.1, 0.15) is 0 Å². The molecule has 1 unspecified atom stereocenters. The van der Waals surface area contributed by atoms with E-state index in [0.29, 0.717) is 6.04 Å². The topological polar surface area (TPSA) is 42.1 Å². The maximum absolute atomic E-state index is 5.77. The molecule has 0 saturated carbocycles. The smallest absolute Gasteiger partial charge is 0.0794 e. The fraction of sp³-hybridized carbons (Fsp3) is 0.700. The summed E-state index contributed by atoms with van der Waals surface area (Å²) < 4.78 is 0. The van der Waals surface area contributed by atoms with Crippen molar-refractivity contribution in [3.8, 4) is 0 Å². The van der Waals surface area contributed by atoms with Gasteiger partial charge in [-0.3, -0.25) is 9.88 Å². The van der Waals surface area contributed by atoms with E-state index in [4.69, 9.17) is 5.73 Å². The minimum atomic E-state index is 0.589. The van der Waals surface area contributed by atoms with E-state index in [1.165, 1.54) is 30.7 Å². The van der Waals surface area contributed by atoms with Crippen LogP contribution in [-0.2, 0) is 6.54 Å². The molecule has 14 heavy (non-hydrogen) atoms. The molecule has 0 spiro atoms. The Morgan fingerprint density at radius 2 is 2.50 bits per heavy atom. The van der Waals surface area contributed by atoms with Crippen LogP contribution in [0.15, 0.2) is 11.7 Å². The van der Waals surface area contributed by atoms with Gasteiger partial charge < -0.3 is 5.73 Å². The summed E-state index contributed by atoms with van der Waals surface area (Å²) in [6.07, 6.45) is 5.87. The lowest BCUT2D eigenvalue weighted by Gasteiger charge is -2.34. The van der Waals surface area contributed by atoms with Gasteiger partial charge in [0.25, 0.3) is 0 Å². The molecule has 1 aromatic rings. The van der Waals surface area contributed by atoms with Crippen molar-refractivity contribution in [2.24, 2.45) is 5.73 Å². The molecule has 0 aliphatic carbocycles. The Morgan fingerprint density at radius 1 is 1.57 bits per heavy atom. The molecular formula is C10H17N3S. The molecule has 0 amide bonds. The highest BCUT2D eigenvalue weighted by atomic mass is 32.1. The third kappa shape index (κ3) is 2.32. The zero-order valence-corrected chi connectivity index (χ0v) is 9.17. The summed E-state index contributed by atoms with van der Waals surface area (Å²) >= 11 is 1.74. The van der Waals surface area contributed by atoms with Crippen LogP contribution in [0.4, 0.5) is 0 Å². The third-order valence-corrected chi connectivity index (χ3v) is 3.63. The molecular weight excluding hydrogens is 194 g/mol. The first-order chi connectivity index (χ1) is 6.90. The number of likely N-dealkylation sites (tertiary alicyclic amines) is 1. The number of hydrogen-bond acceptors (Lipinski definition) is 4. The lowest BCUT2D eigenvalue weighted by molar-refractivity contribution is 0.146. The number of rotatable bonds is 3. The largest absolute Gasteiger partial charge is 0.329 e. The zero-order chi connectivity index (χ0) is 9.80. The van der Waals surface area contributed by atoms with E-state index in [1.54, 1.807) is 11.3 Å². The Balaban J connectivity index is 1.94. The average molecular weight is 211 g/mol. The standard InChI is InChI=1S/C10H17N3S/c11-5-9-3-1-2-4-13(9)7-10-6-12-8-14-10/h6,8-9H,1-5,7,11H2. The van der Waals surface area contributed by atoms with Crippen LogP contribution in [-0.4, -0.2) is 29.0 Å². The lowest BCUT2D eigenvalue weighted by Crippen LogP contribution is -2.43. The average Bonchev–Trinajstić information content (AvgIpc) is 2.71. The summed E-state index contributed by atoms with van der Waals surface area (Å²) in [4.78, 5) is 7.95. The Hall–Kier alpha value is -0.450. The van der Waals surface area contributed by atoms with Crippen LogP contribution in [0.1, 0.15) is 24.1 Å². The van der Waals surface area contributed by atoms with E-state index >= 15 is 0 Å². The molecule has 0 radical (unpaired) electrons. The van der Waals surface area contributed by atoms with Crippen molar-refractivity contribution in [1.82, 2.24) is 9.88 Å². The van der Waals surface area contributed by atoms with Gasteiger partial charge in [0.15, 0.2) is 0 Å².